The molecule has 1 aromatic carbocycles. The van der Waals surface area contributed by atoms with Crippen LogP contribution in [0.2, 0.25) is 0 Å². The predicted molar refractivity (Wildman–Crippen MR) is 107 cm³/mol. The van der Waals surface area contributed by atoms with Crippen LogP contribution in [0.3, 0.4) is 0 Å². The lowest BCUT2D eigenvalue weighted by molar-refractivity contribution is 0.0455. The standard InChI is InChI=1S/C19H30F2N2O5S/c1-5-28-19-16(26-2)10-14(11-17(19)27-3)12-22(13-18(20)21)15-6-8-23(9-7-15)29(4,24)25/h10-11,15,18H,5-9,12-13H2,1-4H3. The molecule has 0 aromatic heterocycles. The van der Waals surface area contributed by atoms with E-state index in [9.17, 15) is 17.2 Å². The molecule has 0 aliphatic carbocycles. The fourth-order valence-corrected chi connectivity index (χ4v) is 4.48. The van der Waals surface area contributed by atoms with Gasteiger partial charge in [-0.3, -0.25) is 4.90 Å². The zero-order valence-corrected chi connectivity index (χ0v) is 18.2. The van der Waals surface area contributed by atoms with E-state index < -0.39 is 16.4 Å². The second-order valence-corrected chi connectivity index (χ2v) is 8.96. The SMILES string of the molecule is CCOc1c(OC)cc(CN(CC(F)F)C2CCN(S(C)(=O)=O)CC2)cc1OC. The van der Waals surface area contributed by atoms with Crippen LogP contribution in [0, 0.1) is 0 Å². The summed E-state index contributed by atoms with van der Waals surface area (Å²) in [6, 6.07) is 3.39. The lowest BCUT2D eigenvalue weighted by Crippen LogP contribution is -2.47. The highest BCUT2D eigenvalue weighted by molar-refractivity contribution is 7.88. The Labute approximate surface area is 171 Å². The Morgan fingerprint density at radius 3 is 2.14 bits per heavy atom. The number of sulfonamides is 1. The Balaban J connectivity index is 2.22. The van der Waals surface area contributed by atoms with E-state index in [1.54, 1.807) is 17.0 Å². The van der Waals surface area contributed by atoms with Gasteiger partial charge in [0.2, 0.25) is 15.8 Å². The van der Waals surface area contributed by atoms with Crippen molar-refractivity contribution in [1.82, 2.24) is 9.21 Å². The van der Waals surface area contributed by atoms with Crippen molar-refractivity contribution in [2.75, 3.05) is 46.7 Å². The molecule has 2 rings (SSSR count). The van der Waals surface area contributed by atoms with Gasteiger partial charge in [-0.25, -0.2) is 21.5 Å². The molecule has 1 aromatic rings. The maximum atomic E-state index is 13.2. The molecule has 29 heavy (non-hydrogen) atoms. The number of halogens is 2. The number of nitrogens with zero attached hydrogens (tertiary/aromatic N) is 2. The Morgan fingerprint density at radius 2 is 1.72 bits per heavy atom. The van der Waals surface area contributed by atoms with E-state index in [1.807, 2.05) is 6.92 Å². The third-order valence-corrected chi connectivity index (χ3v) is 6.28. The van der Waals surface area contributed by atoms with Crippen LogP contribution in [0.4, 0.5) is 8.78 Å². The highest BCUT2D eigenvalue weighted by Gasteiger charge is 2.30. The quantitative estimate of drug-likeness (QED) is 0.562. The number of hydrogen-bond acceptors (Lipinski definition) is 6. The number of hydrogen-bond donors (Lipinski definition) is 0. The van der Waals surface area contributed by atoms with Crippen LogP contribution in [0.15, 0.2) is 12.1 Å². The monoisotopic (exact) mass is 436 g/mol. The van der Waals surface area contributed by atoms with Crippen molar-refractivity contribution in [2.45, 2.75) is 38.8 Å². The molecule has 166 valence electrons. The molecule has 1 heterocycles. The maximum absolute atomic E-state index is 13.2. The Morgan fingerprint density at radius 1 is 1.17 bits per heavy atom. The largest absolute Gasteiger partial charge is 0.493 e. The normalized spacial score (nSPS) is 16.4. The molecular weight excluding hydrogens is 406 g/mol. The van der Waals surface area contributed by atoms with Crippen molar-refractivity contribution < 1.29 is 31.4 Å². The number of piperidine rings is 1. The van der Waals surface area contributed by atoms with E-state index in [0.29, 0.717) is 49.8 Å². The number of ether oxygens (including phenoxy) is 3. The summed E-state index contributed by atoms with van der Waals surface area (Å²) >= 11 is 0. The van der Waals surface area contributed by atoms with Crippen LogP contribution in [0.1, 0.15) is 25.3 Å². The maximum Gasteiger partial charge on any atom is 0.251 e. The minimum atomic E-state index is -3.27. The summed E-state index contributed by atoms with van der Waals surface area (Å²) in [5, 5.41) is 0. The molecule has 7 nitrogen and oxygen atoms in total. The van der Waals surface area contributed by atoms with Crippen LogP contribution >= 0.6 is 0 Å². The van der Waals surface area contributed by atoms with Crippen LogP contribution in [-0.4, -0.2) is 76.8 Å². The number of benzene rings is 1. The number of methoxy groups -OCH3 is 2. The smallest absolute Gasteiger partial charge is 0.251 e. The summed E-state index contributed by atoms with van der Waals surface area (Å²) in [5.74, 6) is 1.43. The van der Waals surface area contributed by atoms with Gasteiger partial charge in [0.05, 0.1) is 33.6 Å². The second-order valence-electron chi connectivity index (χ2n) is 6.98. The Hall–Kier alpha value is -1.65. The fourth-order valence-electron chi connectivity index (χ4n) is 3.61. The summed E-state index contributed by atoms with van der Waals surface area (Å²) in [6.45, 7) is 2.83. The van der Waals surface area contributed by atoms with Gasteiger partial charge in [-0.1, -0.05) is 0 Å². The van der Waals surface area contributed by atoms with E-state index >= 15 is 0 Å². The lowest BCUT2D eigenvalue weighted by atomic mass is 10.0. The Bertz CT molecular complexity index is 743. The minimum absolute atomic E-state index is 0.134. The van der Waals surface area contributed by atoms with E-state index in [0.717, 1.165) is 5.56 Å². The first-order chi connectivity index (χ1) is 13.7. The zero-order chi connectivity index (χ0) is 21.6. The van der Waals surface area contributed by atoms with Gasteiger partial charge in [0.1, 0.15) is 0 Å². The molecule has 1 aliphatic heterocycles. The topological polar surface area (TPSA) is 68.3 Å². The summed E-state index contributed by atoms with van der Waals surface area (Å²) < 4.78 is 67.7. The Kier molecular flexibility index (Phi) is 8.47. The van der Waals surface area contributed by atoms with Gasteiger partial charge in [0.25, 0.3) is 6.43 Å². The molecule has 1 aliphatic rings. The summed E-state index contributed by atoms with van der Waals surface area (Å²) in [7, 11) is -0.240. The van der Waals surface area contributed by atoms with Crippen LogP contribution in [0.5, 0.6) is 17.2 Å². The first-order valence-electron chi connectivity index (χ1n) is 9.54. The minimum Gasteiger partial charge on any atom is -0.493 e. The summed E-state index contributed by atoms with van der Waals surface area (Å²) in [6.07, 6.45) is -0.312. The van der Waals surface area contributed by atoms with Crippen LogP contribution < -0.4 is 14.2 Å². The zero-order valence-electron chi connectivity index (χ0n) is 17.4. The molecule has 1 saturated heterocycles. The first-order valence-corrected chi connectivity index (χ1v) is 11.4. The van der Waals surface area contributed by atoms with E-state index in [-0.39, 0.29) is 19.1 Å². The van der Waals surface area contributed by atoms with Crippen molar-refractivity contribution in [3.05, 3.63) is 17.7 Å². The first kappa shape index (κ1) is 23.6. The molecule has 0 saturated carbocycles. The lowest BCUT2D eigenvalue weighted by Gasteiger charge is -2.37. The van der Waals surface area contributed by atoms with E-state index in [2.05, 4.69) is 0 Å². The molecule has 0 atom stereocenters. The van der Waals surface area contributed by atoms with Crippen molar-refractivity contribution in [3.8, 4) is 17.2 Å². The highest BCUT2D eigenvalue weighted by atomic mass is 32.2. The average Bonchev–Trinajstić information content (AvgIpc) is 2.67. The molecule has 10 heteroatoms. The molecule has 0 bridgehead atoms. The molecule has 0 unspecified atom stereocenters. The molecule has 1 fully saturated rings. The molecule has 0 spiro atoms. The third-order valence-electron chi connectivity index (χ3n) is 4.98. The fraction of sp³-hybridized carbons (Fsp3) is 0.684. The summed E-state index contributed by atoms with van der Waals surface area (Å²) in [5.41, 5.74) is 0.758. The van der Waals surface area contributed by atoms with Gasteiger partial charge < -0.3 is 14.2 Å². The molecule has 0 radical (unpaired) electrons. The van der Waals surface area contributed by atoms with Gasteiger partial charge in [-0.15, -0.1) is 0 Å². The molecule has 0 amide bonds. The van der Waals surface area contributed by atoms with Gasteiger partial charge in [-0.05, 0) is 37.5 Å². The molecule has 0 N–H and O–H groups in total. The predicted octanol–water partition coefficient (Wildman–Crippen LogP) is 2.59. The van der Waals surface area contributed by atoms with Gasteiger partial charge in [0.15, 0.2) is 11.5 Å². The van der Waals surface area contributed by atoms with Crippen molar-refractivity contribution in [1.29, 1.82) is 0 Å². The number of alkyl halides is 2. The highest BCUT2D eigenvalue weighted by Crippen LogP contribution is 2.39. The molecular formula is C19H30F2N2O5S. The van der Waals surface area contributed by atoms with Crippen LogP contribution in [-0.2, 0) is 16.6 Å². The van der Waals surface area contributed by atoms with E-state index in [4.69, 9.17) is 14.2 Å². The third kappa shape index (κ3) is 6.42. The van der Waals surface area contributed by atoms with Gasteiger partial charge in [0, 0.05) is 25.7 Å². The van der Waals surface area contributed by atoms with Crippen molar-refractivity contribution in [2.24, 2.45) is 0 Å². The second kappa shape index (κ2) is 10.4. The number of rotatable bonds is 10. The van der Waals surface area contributed by atoms with Crippen LogP contribution in [0.25, 0.3) is 0 Å². The average molecular weight is 437 g/mol. The van der Waals surface area contributed by atoms with E-state index in [1.165, 1.54) is 24.8 Å². The van der Waals surface area contributed by atoms with Gasteiger partial charge in [-0.2, -0.15) is 0 Å². The van der Waals surface area contributed by atoms with Crippen molar-refractivity contribution in [3.63, 3.8) is 0 Å². The van der Waals surface area contributed by atoms with Gasteiger partial charge >= 0.3 is 0 Å². The summed E-state index contributed by atoms with van der Waals surface area (Å²) in [4.78, 5) is 1.71. The van der Waals surface area contributed by atoms with Crippen molar-refractivity contribution >= 4 is 10.0 Å².